The van der Waals surface area contributed by atoms with Gasteiger partial charge < -0.3 is 82.7 Å². The van der Waals surface area contributed by atoms with Crippen molar-refractivity contribution in [3.63, 3.8) is 0 Å². The molecule has 0 radical (unpaired) electrons. The summed E-state index contributed by atoms with van der Waals surface area (Å²) in [6.45, 7) is 21.8. The molecule has 9 aromatic carbocycles. The van der Waals surface area contributed by atoms with Gasteiger partial charge in [0.1, 0.15) is 63.2 Å². The molecular formula is C78H90O17. The van der Waals surface area contributed by atoms with E-state index in [-0.39, 0.29) is 45.3 Å². The molecule has 0 aromatic heterocycles. The second-order valence-electron chi connectivity index (χ2n) is 24.9. The number of benzene rings is 9. The van der Waals surface area contributed by atoms with Crippen LogP contribution in [-0.4, -0.2) is 109 Å². The Balaban J connectivity index is 0.000000202. The highest BCUT2D eigenvalue weighted by Crippen LogP contribution is 2.53. The predicted octanol–water partition coefficient (Wildman–Crippen LogP) is 17.5. The SMILES string of the molecule is COc1cc(-c2cc(-c3cc(C)cc(OC)c3O)c(OC)cc2C)c(O)c(C(C)(C)C)c1.COc1cc(-c2cc(-c3cc(C)cc(OC)c3O)c(OC)cc2OC)c(O)c(C(C)(C)C)c1.COc1cc(-c2cc(-c3cc(C)cc(OC)c3O)c(OC)cc2OC)c(O)cc1C. The molecule has 0 heterocycles. The Hall–Kier alpha value is -10.4. The van der Waals surface area contributed by atoms with E-state index in [4.69, 9.17) is 52.1 Å². The average molecular weight is 1300 g/mol. The van der Waals surface area contributed by atoms with E-state index in [0.717, 1.165) is 44.5 Å². The molecule has 0 saturated heterocycles. The third-order valence-electron chi connectivity index (χ3n) is 16.4. The molecule has 504 valence electrons. The Kier molecular flexibility index (Phi) is 22.5. The van der Waals surface area contributed by atoms with Gasteiger partial charge in [0.15, 0.2) is 34.5 Å². The minimum Gasteiger partial charge on any atom is -0.507 e. The maximum absolute atomic E-state index is 11.3. The van der Waals surface area contributed by atoms with Crippen molar-refractivity contribution in [3.05, 3.63) is 148 Å². The van der Waals surface area contributed by atoms with Gasteiger partial charge in [-0.2, -0.15) is 0 Å². The third kappa shape index (κ3) is 15.2. The summed E-state index contributed by atoms with van der Waals surface area (Å²) in [6, 6.07) is 32.6. The number of hydrogen-bond donors (Lipinski definition) is 6. The second-order valence-corrected chi connectivity index (χ2v) is 24.9. The van der Waals surface area contributed by atoms with Crippen LogP contribution in [0.1, 0.15) is 80.5 Å². The third-order valence-corrected chi connectivity index (χ3v) is 16.4. The monoisotopic (exact) mass is 1300 g/mol. The van der Waals surface area contributed by atoms with E-state index in [1.807, 2.05) is 116 Å². The van der Waals surface area contributed by atoms with Gasteiger partial charge in [-0.25, -0.2) is 0 Å². The van der Waals surface area contributed by atoms with Crippen LogP contribution in [0.2, 0.25) is 0 Å². The van der Waals surface area contributed by atoms with E-state index in [1.54, 1.807) is 105 Å². The summed E-state index contributed by atoms with van der Waals surface area (Å²) in [4.78, 5) is 0. The van der Waals surface area contributed by atoms with Gasteiger partial charge in [0.05, 0.1) is 78.2 Å². The molecule has 0 aliphatic rings. The highest BCUT2D eigenvalue weighted by molar-refractivity contribution is 5.91. The van der Waals surface area contributed by atoms with Crippen LogP contribution in [0.15, 0.2) is 109 Å². The molecule has 0 bridgehead atoms. The van der Waals surface area contributed by atoms with Crippen molar-refractivity contribution in [1.29, 1.82) is 0 Å². The van der Waals surface area contributed by atoms with Gasteiger partial charge in [0.2, 0.25) is 0 Å². The van der Waals surface area contributed by atoms with Crippen molar-refractivity contribution in [2.24, 2.45) is 0 Å². The molecule has 0 fully saturated rings. The molecule has 6 N–H and O–H groups in total. The van der Waals surface area contributed by atoms with Gasteiger partial charge in [-0.1, -0.05) is 41.5 Å². The minimum atomic E-state index is -0.321. The number of methoxy groups -OCH3 is 11. The Morgan fingerprint density at radius 2 is 0.505 bits per heavy atom. The summed E-state index contributed by atoms with van der Waals surface area (Å²) in [5.41, 5.74) is 12.9. The number of hydrogen-bond acceptors (Lipinski definition) is 17. The Morgan fingerprint density at radius 1 is 0.221 bits per heavy atom. The van der Waals surface area contributed by atoms with Crippen molar-refractivity contribution in [1.82, 2.24) is 0 Å². The molecule has 0 amide bonds. The lowest BCUT2D eigenvalue weighted by atomic mass is 9.83. The number of aryl methyl sites for hydroxylation is 5. The molecule has 0 spiro atoms. The van der Waals surface area contributed by atoms with Crippen LogP contribution in [0.3, 0.4) is 0 Å². The first-order chi connectivity index (χ1) is 44.9. The lowest BCUT2D eigenvalue weighted by Gasteiger charge is -2.24. The van der Waals surface area contributed by atoms with E-state index in [9.17, 15) is 30.6 Å². The van der Waals surface area contributed by atoms with E-state index in [1.165, 1.54) is 21.3 Å². The largest absolute Gasteiger partial charge is 0.507 e. The Labute approximate surface area is 558 Å². The van der Waals surface area contributed by atoms with Gasteiger partial charge in [-0.3, -0.25) is 0 Å². The van der Waals surface area contributed by atoms with Crippen molar-refractivity contribution >= 4 is 0 Å². The van der Waals surface area contributed by atoms with Crippen LogP contribution in [-0.2, 0) is 10.8 Å². The molecular weight excluding hydrogens is 1210 g/mol. The van der Waals surface area contributed by atoms with Gasteiger partial charge in [0.25, 0.3) is 0 Å². The number of rotatable bonds is 17. The molecule has 95 heavy (non-hydrogen) atoms. The van der Waals surface area contributed by atoms with Gasteiger partial charge >= 0.3 is 0 Å². The topological polar surface area (TPSA) is 223 Å². The van der Waals surface area contributed by atoms with Crippen LogP contribution in [0.4, 0.5) is 0 Å². The van der Waals surface area contributed by atoms with E-state index in [2.05, 4.69) is 20.8 Å². The lowest BCUT2D eigenvalue weighted by molar-refractivity contribution is 0.373. The summed E-state index contributed by atoms with van der Waals surface area (Å²) in [7, 11) is 17.2. The average Bonchev–Trinajstić information content (AvgIpc) is 0.789. The highest BCUT2D eigenvalue weighted by atomic mass is 16.5. The lowest BCUT2D eigenvalue weighted by Crippen LogP contribution is -2.12. The molecule has 0 saturated carbocycles. The number of ether oxygens (including phenoxy) is 11. The Morgan fingerprint density at radius 3 is 0.811 bits per heavy atom. The first-order valence-electron chi connectivity index (χ1n) is 30.5. The van der Waals surface area contributed by atoms with Crippen LogP contribution in [0, 0.1) is 34.6 Å². The number of phenolic OH excluding ortho intramolecular Hbond substituents is 6. The van der Waals surface area contributed by atoms with Gasteiger partial charge in [0, 0.05) is 84.5 Å². The van der Waals surface area contributed by atoms with Crippen LogP contribution < -0.4 is 52.1 Å². The van der Waals surface area contributed by atoms with Crippen LogP contribution >= 0.6 is 0 Å². The van der Waals surface area contributed by atoms with Crippen molar-refractivity contribution < 1.29 is 82.7 Å². The van der Waals surface area contributed by atoms with Gasteiger partial charge in [-0.15, -0.1) is 0 Å². The first kappa shape index (κ1) is 72.0. The Bertz CT molecular complexity index is 4280. The zero-order valence-corrected chi connectivity index (χ0v) is 58.6. The molecule has 0 aliphatic heterocycles. The standard InChI is InChI=1S/C27H32O6.C27H32O5.C24H26O6/c1-15-9-19(26(29)24(10-15)33-8)17-13-18(23(32-7)14-22(17)31-6)20-11-16(30-5)12-21(25(20)28)27(2,3)4;1-15-9-20(26(29)24(10-15)32-8)19-14-18(16(2)11-23(19)31-7)21-12-17(30-6)13-22(25(21)28)27(3,4)5;1-13-7-18(24(26)23(8-13)30-6)17-10-16(21(28-4)12-22(17)29-5)15-11-20(27-3)14(2)9-19(15)25/h9-14,28-29H,1-8H3;9-14,28-29H,1-8H3;7-12,25-26H,1-6H3. The maximum Gasteiger partial charge on any atom is 0.165 e. The number of phenols is 6. The predicted molar refractivity (Wildman–Crippen MR) is 375 cm³/mol. The molecule has 17 nitrogen and oxygen atoms in total. The van der Waals surface area contributed by atoms with Crippen LogP contribution in [0.25, 0.3) is 66.8 Å². The molecule has 0 unspecified atom stereocenters. The summed E-state index contributed by atoms with van der Waals surface area (Å²) >= 11 is 0. The molecule has 9 rings (SSSR count). The fourth-order valence-corrected chi connectivity index (χ4v) is 11.4. The van der Waals surface area contributed by atoms with E-state index in [0.29, 0.717) is 124 Å². The zero-order chi connectivity index (χ0) is 70.3. The molecule has 17 heteroatoms. The molecule has 0 atom stereocenters. The van der Waals surface area contributed by atoms with Crippen LogP contribution in [0.5, 0.6) is 97.7 Å². The summed E-state index contributed by atoms with van der Waals surface area (Å²) in [5, 5.41) is 65.7. The van der Waals surface area contributed by atoms with E-state index >= 15 is 0 Å². The fourth-order valence-electron chi connectivity index (χ4n) is 11.4. The normalized spacial score (nSPS) is 11.1. The fraction of sp³-hybridized carbons (Fsp3) is 0.308. The summed E-state index contributed by atoms with van der Waals surface area (Å²) < 4.78 is 60.6. The number of aromatic hydroxyl groups is 6. The van der Waals surface area contributed by atoms with Gasteiger partial charge in [-0.05, 0) is 176 Å². The molecule has 9 aromatic rings. The maximum atomic E-state index is 11.3. The highest BCUT2D eigenvalue weighted by Gasteiger charge is 2.29. The second kappa shape index (κ2) is 29.7. The van der Waals surface area contributed by atoms with Crippen molar-refractivity contribution in [3.8, 4) is 165 Å². The first-order valence-corrected chi connectivity index (χ1v) is 30.5. The van der Waals surface area contributed by atoms with E-state index < -0.39 is 0 Å². The quantitative estimate of drug-likeness (QED) is 0.0499. The summed E-state index contributed by atoms with van der Waals surface area (Å²) in [6.07, 6.45) is 0. The summed E-state index contributed by atoms with van der Waals surface area (Å²) in [5.74, 6) is 6.20. The van der Waals surface area contributed by atoms with Crippen molar-refractivity contribution in [2.45, 2.75) is 87.0 Å². The van der Waals surface area contributed by atoms with Crippen molar-refractivity contribution in [2.75, 3.05) is 78.2 Å². The molecule has 0 aliphatic carbocycles. The zero-order valence-electron chi connectivity index (χ0n) is 58.6. The smallest absolute Gasteiger partial charge is 0.165 e. The minimum absolute atomic E-state index is 0.00256.